The number of rotatable bonds is 1. The average molecular weight is 286 g/mol. The van der Waals surface area contributed by atoms with Gasteiger partial charge in [-0.05, 0) is 41.0 Å². The molecule has 106 valence electrons. The molecule has 0 fully saturated rings. The quantitative estimate of drug-likeness (QED) is 0.573. The zero-order chi connectivity index (χ0) is 15.1. The fourth-order valence-electron chi connectivity index (χ4n) is 2.84. The van der Waals surface area contributed by atoms with E-state index in [2.05, 4.69) is 34.2 Å². The number of aryl methyl sites for hydroxylation is 1. The van der Waals surface area contributed by atoms with Gasteiger partial charge in [-0.1, -0.05) is 36.4 Å². The standard InChI is InChI=1S/C19H14N2O/c1-12-8-9-20-19-18(12)17(22)11-16(21-19)15-7-6-13-4-2-3-5-14(13)10-15/h2-11H,1H3,(H,20,21,22). The van der Waals surface area contributed by atoms with E-state index in [9.17, 15) is 4.79 Å². The monoisotopic (exact) mass is 286 g/mol. The van der Waals surface area contributed by atoms with Gasteiger partial charge in [-0.3, -0.25) is 4.79 Å². The molecular weight excluding hydrogens is 272 g/mol. The van der Waals surface area contributed by atoms with Crippen LogP contribution in [-0.2, 0) is 0 Å². The highest BCUT2D eigenvalue weighted by Gasteiger charge is 2.07. The Morgan fingerprint density at radius 1 is 0.955 bits per heavy atom. The first-order valence-corrected chi connectivity index (χ1v) is 7.20. The van der Waals surface area contributed by atoms with E-state index in [1.54, 1.807) is 12.3 Å². The molecule has 3 nitrogen and oxygen atoms in total. The normalized spacial score (nSPS) is 11.1. The molecule has 0 bridgehead atoms. The minimum atomic E-state index is 0.00232. The summed E-state index contributed by atoms with van der Waals surface area (Å²) in [6.45, 7) is 1.93. The van der Waals surface area contributed by atoms with Crippen molar-refractivity contribution in [2.75, 3.05) is 0 Å². The lowest BCUT2D eigenvalue weighted by atomic mass is 10.0. The lowest BCUT2D eigenvalue weighted by molar-refractivity contribution is 1.26. The maximum absolute atomic E-state index is 12.4. The van der Waals surface area contributed by atoms with E-state index in [4.69, 9.17) is 0 Å². The van der Waals surface area contributed by atoms with Crippen LogP contribution in [0.5, 0.6) is 0 Å². The van der Waals surface area contributed by atoms with Crippen molar-refractivity contribution in [2.24, 2.45) is 0 Å². The summed E-state index contributed by atoms with van der Waals surface area (Å²) in [5, 5.41) is 2.99. The van der Waals surface area contributed by atoms with Crippen molar-refractivity contribution in [1.82, 2.24) is 9.97 Å². The Kier molecular flexibility index (Phi) is 2.79. The van der Waals surface area contributed by atoms with Gasteiger partial charge in [-0.25, -0.2) is 4.98 Å². The smallest absolute Gasteiger partial charge is 0.191 e. The van der Waals surface area contributed by atoms with E-state index < -0.39 is 0 Å². The van der Waals surface area contributed by atoms with Crippen molar-refractivity contribution in [1.29, 1.82) is 0 Å². The van der Waals surface area contributed by atoms with E-state index >= 15 is 0 Å². The average Bonchev–Trinajstić information content (AvgIpc) is 2.54. The molecule has 2 heterocycles. The summed E-state index contributed by atoms with van der Waals surface area (Å²) < 4.78 is 0. The zero-order valence-corrected chi connectivity index (χ0v) is 12.1. The number of aromatic amines is 1. The molecule has 2 aromatic carbocycles. The third-order valence-electron chi connectivity index (χ3n) is 3.99. The van der Waals surface area contributed by atoms with E-state index in [0.29, 0.717) is 11.0 Å². The van der Waals surface area contributed by atoms with Crippen LogP contribution in [0.3, 0.4) is 0 Å². The Hall–Kier alpha value is -2.94. The van der Waals surface area contributed by atoms with Crippen molar-refractivity contribution < 1.29 is 0 Å². The molecular formula is C19H14N2O. The van der Waals surface area contributed by atoms with E-state index in [1.807, 2.05) is 31.2 Å². The molecule has 0 aliphatic rings. The number of nitrogens with zero attached hydrogens (tertiary/aromatic N) is 1. The Morgan fingerprint density at radius 3 is 2.64 bits per heavy atom. The lowest BCUT2D eigenvalue weighted by Crippen LogP contribution is -2.05. The molecule has 0 amide bonds. The predicted octanol–water partition coefficient (Wildman–Crippen LogP) is 4.05. The molecule has 3 heteroatoms. The number of benzene rings is 2. The Balaban J connectivity index is 1.98. The van der Waals surface area contributed by atoms with Crippen molar-refractivity contribution in [3.8, 4) is 11.3 Å². The van der Waals surface area contributed by atoms with Crippen LogP contribution in [0.25, 0.3) is 33.1 Å². The van der Waals surface area contributed by atoms with Gasteiger partial charge in [-0.2, -0.15) is 0 Å². The second-order valence-corrected chi connectivity index (χ2v) is 5.46. The number of aromatic nitrogens is 2. The van der Waals surface area contributed by atoms with Crippen LogP contribution in [0.1, 0.15) is 5.56 Å². The number of H-pyrrole nitrogens is 1. The van der Waals surface area contributed by atoms with Gasteiger partial charge in [-0.15, -0.1) is 0 Å². The van der Waals surface area contributed by atoms with Gasteiger partial charge in [0.1, 0.15) is 5.65 Å². The Bertz CT molecular complexity index is 1060. The lowest BCUT2D eigenvalue weighted by Gasteiger charge is -2.07. The first kappa shape index (κ1) is 12.8. The van der Waals surface area contributed by atoms with Crippen molar-refractivity contribution in [3.05, 3.63) is 76.6 Å². The maximum Gasteiger partial charge on any atom is 0.191 e. The largest absolute Gasteiger partial charge is 0.339 e. The maximum atomic E-state index is 12.4. The van der Waals surface area contributed by atoms with Gasteiger partial charge in [0.15, 0.2) is 5.43 Å². The minimum Gasteiger partial charge on any atom is -0.339 e. The van der Waals surface area contributed by atoms with Crippen LogP contribution < -0.4 is 5.43 Å². The second-order valence-electron chi connectivity index (χ2n) is 5.46. The van der Waals surface area contributed by atoms with Crippen LogP contribution in [-0.4, -0.2) is 9.97 Å². The van der Waals surface area contributed by atoms with Crippen molar-refractivity contribution in [2.45, 2.75) is 6.92 Å². The summed E-state index contributed by atoms with van der Waals surface area (Å²) in [5.41, 5.74) is 3.36. The zero-order valence-electron chi connectivity index (χ0n) is 12.1. The Labute approximate surface area is 127 Å². The molecule has 4 rings (SSSR count). The highest BCUT2D eigenvalue weighted by molar-refractivity contribution is 5.88. The van der Waals surface area contributed by atoms with Crippen LogP contribution in [0, 0.1) is 6.92 Å². The van der Waals surface area contributed by atoms with E-state index in [-0.39, 0.29) is 5.43 Å². The number of hydrogen-bond donors (Lipinski definition) is 1. The summed E-state index contributed by atoms with van der Waals surface area (Å²) in [6.07, 6.45) is 1.72. The molecule has 2 aromatic heterocycles. The van der Waals surface area contributed by atoms with E-state index in [0.717, 1.165) is 22.2 Å². The summed E-state index contributed by atoms with van der Waals surface area (Å²) >= 11 is 0. The van der Waals surface area contributed by atoms with E-state index in [1.165, 1.54) is 5.39 Å². The third-order valence-corrected chi connectivity index (χ3v) is 3.99. The fourth-order valence-corrected chi connectivity index (χ4v) is 2.84. The molecule has 0 aliphatic heterocycles. The fraction of sp³-hybridized carbons (Fsp3) is 0.0526. The Morgan fingerprint density at radius 2 is 1.77 bits per heavy atom. The first-order chi connectivity index (χ1) is 10.7. The molecule has 0 atom stereocenters. The molecule has 4 aromatic rings. The molecule has 0 unspecified atom stereocenters. The van der Waals surface area contributed by atoms with Gasteiger partial charge in [0.2, 0.25) is 0 Å². The van der Waals surface area contributed by atoms with Gasteiger partial charge in [0.25, 0.3) is 0 Å². The van der Waals surface area contributed by atoms with Crippen LogP contribution in [0.4, 0.5) is 0 Å². The minimum absolute atomic E-state index is 0.00232. The molecule has 0 saturated heterocycles. The van der Waals surface area contributed by atoms with Gasteiger partial charge < -0.3 is 4.98 Å². The van der Waals surface area contributed by atoms with Crippen LogP contribution in [0.15, 0.2) is 65.6 Å². The molecule has 22 heavy (non-hydrogen) atoms. The van der Waals surface area contributed by atoms with Gasteiger partial charge >= 0.3 is 0 Å². The summed E-state index contributed by atoms with van der Waals surface area (Å²) in [6, 6.07) is 17.9. The highest BCUT2D eigenvalue weighted by atomic mass is 16.1. The second kappa shape index (κ2) is 4.81. The SMILES string of the molecule is Cc1ccnc2[nH]c(-c3ccc4ccccc4c3)cc(=O)c12. The highest BCUT2D eigenvalue weighted by Crippen LogP contribution is 2.23. The summed E-state index contributed by atoms with van der Waals surface area (Å²) in [7, 11) is 0. The number of pyridine rings is 2. The predicted molar refractivity (Wildman–Crippen MR) is 90.0 cm³/mol. The van der Waals surface area contributed by atoms with Crippen LogP contribution in [0.2, 0.25) is 0 Å². The summed E-state index contributed by atoms with van der Waals surface area (Å²) in [4.78, 5) is 20.0. The molecule has 1 N–H and O–H groups in total. The van der Waals surface area contributed by atoms with Crippen molar-refractivity contribution in [3.63, 3.8) is 0 Å². The van der Waals surface area contributed by atoms with Gasteiger partial charge in [0.05, 0.1) is 11.1 Å². The summed E-state index contributed by atoms with van der Waals surface area (Å²) in [5.74, 6) is 0. The number of fused-ring (bicyclic) bond motifs is 2. The number of nitrogens with one attached hydrogen (secondary N) is 1. The van der Waals surface area contributed by atoms with Gasteiger partial charge in [0, 0.05) is 12.3 Å². The van der Waals surface area contributed by atoms with Crippen molar-refractivity contribution >= 4 is 21.8 Å². The topological polar surface area (TPSA) is 45.8 Å². The third kappa shape index (κ3) is 1.99. The molecule has 0 aliphatic carbocycles. The number of hydrogen-bond acceptors (Lipinski definition) is 2. The van der Waals surface area contributed by atoms with Crippen LogP contribution >= 0.6 is 0 Å². The molecule has 0 saturated carbocycles. The molecule has 0 radical (unpaired) electrons. The molecule has 0 spiro atoms. The first-order valence-electron chi connectivity index (χ1n) is 7.20.